The number of carbonyl (C=O) groups is 3. The normalized spacial score (nSPS) is 15.6. The van der Waals surface area contributed by atoms with Crippen molar-refractivity contribution in [3.8, 4) is 0 Å². The summed E-state index contributed by atoms with van der Waals surface area (Å²) in [4.78, 5) is 38.0. The van der Waals surface area contributed by atoms with Gasteiger partial charge < -0.3 is 10.1 Å². The first-order chi connectivity index (χ1) is 15.0. The predicted octanol–water partition coefficient (Wildman–Crippen LogP) is 3.80. The Morgan fingerprint density at radius 2 is 2.00 bits per heavy atom. The van der Waals surface area contributed by atoms with Gasteiger partial charge in [0.15, 0.2) is 0 Å². The lowest BCUT2D eigenvalue weighted by molar-refractivity contribution is -0.136. The predicted molar refractivity (Wildman–Crippen MR) is 122 cm³/mol. The van der Waals surface area contributed by atoms with Gasteiger partial charge in [-0.15, -0.1) is 11.3 Å². The number of esters is 1. The third kappa shape index (κ3) is 5.88. The van der Waals surface area contributed by atoms with E-state index in [1.807, 2.05) is 36.4 Å². The molecule has 1 aromatic carbocycles. The Bertz CT molecular complexity index is 1010. The summed E-state index contributed by atoms with van der Waals surface area (Å²) in [5, 5.41) is 6.67. The van der Waals surface area contributed by atoms with Gasteiger partial charge in [-0.3, -0.25) is 9.59 Å². The lowest BCUT2D eigenvalue weighted by Gasteiger charge is -2.18. The van der Waals surface area contributed by atoms with Gasteiger partial charge in [-0.25, -0.2) is 10.2 Å². The third-order valence-corrected chi connectivity index (χ3v) is 6.01. The van der Waals surface area contributed by atoms with Gasteiger partial charge in [-0.2, -0.15) is 5.10 Å². The zero-order valence-corrected chi connectivity index (χ0v) is 18.3. The van der Waals surface area contributed by atoms with E-state index in [1.165, 1.54) is 17.6 Å². The molecule has 31 heavy (non-hydrogen) atoms. The van der Waals surface area contributed by atoms with Gasteiger partial charge in [-0.05, 0) is 49.3 Å². The highest BCUT2D eigenvalue weighted by Crippen LogP contribution is 2.40. The Morgan fingerprint density at radius 3 is 2.74 bits per heavy atom. The molecule has 1 aromatic heterocycles. The van der Waals surface area contributed by atoms with Crippen LogP contribution in [0.25, 0.3) is 6.08 Å². The van der Waals surface area contributed by atoms with Crippen LogP contribution in [-0.4, -0.2) is 30.6 Å². The third-order valence-electron chi connectivity index (χ3n) is 4.84. The van der Waals surface area contributed by atoms with Gasteiger partial charge in [0.2, 0.25) is 0 Å². The molecule has 1 atom stereocenters. The Morgan fingerprint density at radius 1 is 1.23 bits per heavy atom. The fourth-order valence-corrected chi connectivity index (χ4v) is 4.72. The minimum absolute atomic E-state index is 0.235. The molecule has 0 radical (unpaired) electrons. The lowest BCUT2D eigenvalue weighted by Crippen LogP contribution is -2.32. The molecule has 2 N–H and O–H groups in total. The first-order valence-electron chi connectivity index (χ1n) is 10.2. The standard InChI is InChI=1S/C23H25N3O4S/c1-3-30-23(29)19-17-12-11-15(2)14-18(17)31-22(19)25-20(27)21(28)26-24-13-7-10-16-8-5-4-6-9-16/h4-10,13,15H,3,11-12,14H2,1-2H3,(H,25,27)(H,26,28)/b10-7+,24-13-/t15-/m0/s1. The number of amides is 2. The molecule has 0 aliphatic heterocycles. The van der Waals surface area contributed by atoms with Crippen LogP contribution >= 0.6 is 11.3 Å². The summed E-state index contributed by atoms with van der Waals surface area (Å²) >= 11 is 1.33. The molecule has 0 spiro atoms. The number of rotatable bonds is 6. The number of nitrogens with one attached hydrogen (secondary N) is 2. The van der Waals surface area contributed by atoms with Gasteiger partial charge in [-0.1, -0.05) is 43.3 Å². The summed E-state index contributed by atoms with van der Waals surface area (Å²) < 4.78 is 5.17. The number of fused-ring (bicyclic) bond motifs is 1. The van der Waals surface area contributed by atoms with Crippen LogP contribution in [0.3, 0.4) is 0 Å². The minimum Gasteiger partial charge on any atom is -0.462 e. The summed E-state index contributed by atoms with van der Waals surface area (Å²) in [5.74, 6) is -1.78. The highest BCUT2D eigenvalue weighted by molar-refractivity contribution is 7.17. The van der Waals surface area contributed by atoms with Crippen molar-refractivity contribution in [3.05, 3.63) is 58.0 Å². The number of carbonyl (C=O) groups excluding carboxylic acids is 3. The van der Waals surface area contributed by atoms with Crippen molar-refractivity contribution in [1.29, 1.82) is 0 Å². The van der Waals surface area contributed by atoms with Crippen LogP contribution in [0.5, 0.6) is 0 Å². The van der Waals surface area contributed by atoms with E-state index >= 15 is 0 Å². The summed E-state index contributed by atoms with van der Waals surface area (Å²) in [5.41, 5.74) is 4.46. The fraction of sp³-hybridized carbons (Fsp3) is 0.304. The van der Waals surface area contributed by atoms with Gasteiger partial charge in [0.1, 0.15) is 5.00 Å². The van der Waals surface area contributed by atoms with Crippen molar-refractivity contribution in [2.75, 3.05) is 11.9 Å². The quantitative estimate of drug-likeness (QED) is 0.310. The van der Waals surface area contributed by atoms with Crippen molar-refractivity contribution < 1.29 is 19.1 Å². The number of hydrazone groups is 1. The van der Waals surface area contributed by atoms with E-state index in [4.69, 9.17) is 4.74 Å². The van der Waals surface area contributed by atoms with Crippen LogP contribution in [0, 0.1) is 5.92 Å². The van der Waals surface area contributed by atoms with Gasteiger partial charge >= 0.3 is 17.8 Å². The lowest BCUT2D eigenvalue weighted by atomic mass is 9.88. The minimum atomic E-state index is -0.918. The van der Waals surface area contributed by atoms with Crippen LogP contribution in [0.2, 0.25) is 0 Å². The SMILES string of the molecule is CCOC(=O)c1c(NC(=O)C(=O)N/N=C\C=C\c2ccccc2)sc2c1CC[C@H](C)C2. The maximum Gasteiger partial charge on any atom is 0.341 e. The van der Waals surface area contributed by atoms with Crippen molar-refractivity contribution in [2.45, 2.75) is 33.1 Å². The summed E-state index contributed by atoms with van der Waals surface area (Å²) in [6.45, 7) is 4.12. The van der Waals surface area contributed by atoms with E-state index in [2.05, 4.69) is 22.8 Å². The Labute approximate surface area is 185 Å². The molecule has 162 valence electrons. The number of hydrogen-bond donors (Lipinski definition) is 2. The van der Waals surface area contributed by atoms with Crippen LogP contribution in [0.15, 0.2) is 41.5 Å². The molecule has 2 aromatic rings. The van der Waals surface area contributed by atoms with Crippen LogP contribution < -0.4 is 10.7 Å². The van der Waals surface area contributed by atoms with Gasteiger partial charge in [0.25, 0.3) is 0 Å². The maximum absolute atomic E-state index is 12.5. The van der Waals surface area contributed by atoms with E-state index in [1.54, 1.807) is 13.0 Å². The van der Waals surface area contributed by atoms with E-state index in [0.717, 1.165) is 35.3 Å². The van der Waals surface area contributed by atoms with Gasteiger partial charge in [0, 0.05) is 11.1 Å². The second-order valence-corrected chi connectivity index (χ2v) is 8.32. The highest BCUT2D eigenvalue weighted by Gasteiger charge is 2.30. The van der Waals surface area contributed by atoms with Crippen LogP contribution in [0.4, 0.5) is 5.00 Å². The van der Waals surface area contributed by atoms with Gasteiger partial charge in [0.05, 0.1) is 12.2 Å². The Hall–Kier alpha value is -3.26. The van der Waals surface area contributed by atoms with Crippen molar-refractivity contribution >= 4 is 46.4 Å². The molecular formula is C23H25N3O4S. The van der Waals surface area contributed by atoms with E-state index in [0.29, 0.717) is 16.5 Å². The summed E-state index contributed by atoms with van der Waals surface area (Å²) in [7, 11) is 0. The fourth-order valence-electron chi connectivity index (χ4n) is 3.33. The molecule has 8 heteroatoms. The molecule has 0 bridgehead atoms. The molecule has 0 fully saturated rings. The monoisotopic (exact) mass is 439 g/mol. The number of allylic oxidation sites excluding steroid dienone is 1. The number of thiophene rings is 1. The maximum atomic E-state index is 12.5. The summed E-state index contributed by atoms with van der Waals surface area (Å²) in [6, 6.07) is 9.60. The van der Waals surface area contributed by atoms with Crippen molar-refractivity contribution in [3.63, 3.8) is 0 Å². The van der Waals surface area contributed by atoms with E-state index in [-0.39, 0.29) is 6.61 Å². The Balaban J connectivity index is 1.65. The largest absolute Gasteiger partial charge is 0.462 e. The first-order valence-corrected chi connectivity index (χ1v) is 11.0. The molecule has 0 saturated heterocycles. The number of benzene rings is 1. The highest BCUT2D eigenvalue weighted by atomic mass is 32.1. The Kier molecular flexibility index (Phi) is 7.72. The average Bonchev–Trinajstić information content (AvgIpc) is 3.11. The second kappa shape index (κ2) is 10.7. The number of hydrogen-bond acceptors (Lipinski definition) is 6. The molecule has 1 aliphatic rings. The number of ether oxygens (including phenoxy) is 1. The van der Waals surface area contributed by atoms with E-state index < -0.39 is 17.8 Å². The number of nitrogens with zero attached hydrogens (tertiary/aromatic N) is 1. The molecule has 3 rings (SSSR count). The molecule has 2 amide bonds. The second-order valence-electron chi connectivity index (χ2n) is 7.22. The van der Waals surface area contributed by atoms with E-state index in [9.17, 15) is 14.4 Å². The molecular weight excluding hydrogens is 414 g/mol. The molecule has 1 heterocycles. The topological polar surface area (TPSA) is 96.9 Å². The van der Waals surface area contributed by atoms with Crippen LogP contribution in [0.1, 0.15) is 46.6 Å². The number of anilines is 1. The zero-order valence-electron chi connectivity index (χ0n) is 17.5. The van der Waals surface area contributed by atoms with Crippen LogP contribution in [-0.2, 0) is 27.2 Å². The summed E-state index contributed by atoms with van der Waals surface area (Å²) in [6.07, 6.45) is 7.41. The molecule has 0 saturated carbocycles. The molecule has 7 nitrogen and oxygen atoms in total. The molecule has 1 aliphatic carbocycles. The van der Waals surface area contributed by atoms with Crippen molar-refractivity contribution in [2.24, 2.45) is 11.0 Å². The van der Waals surface area contributed by atoms with Crippen molar-refractivity contribution in [1.82, 2.24) is 5.43 Å². The first kappa shape index (κ1) is 22.4. The zero-order chi connectivity index (χ0) is 22.2. The average molecular weight is 440 g/mol. The smallest absolute Gasteiger partial charge is 0.341 e. The molecule has 0 unspecified atom stereocenters.